The third kappa shape index (κ3) is 2.46. The molecule has 0 bridgehead atoms. The van der Waals surface area contributed by atoms with Gasteiger partial charge in [0.1, 0.15) is 0 Å². The van der Waals surface area contributed by atoms with Crippen molar-refractivity contribution in [2.75, 3.05) is 6.26 Å². The number of para-hydroxylation sites is 1. The van der Waals surface area contributed by atoms with Gasteiger partial charge >= 0.3 is 0 Å². The van der Waals surface area contributed by atoms with E-state index in [1.165, 1.54) is 12.1 Å². The highest BCUT2D eigenvalue weighted by atomic mass is 32.2. The summed E-state index contributed by atoms with van der Waals surface area (Å²) in [6.07, 6.45) is 0.288. The Morgan fingerprint density at radius 2 is 1.70 bits per heavy atom. The van der Waals surface area contributed by atoms with Crippen LogP contribution >= 0.6 is 0 Å². The highest BCUT2D eigenvalue weighted by Gasteiger charge is 2.61. The van der Waals surface area contributed by atoms with E-state index in [9.17, 15) is 32.9 Å². The van der Waals surface area contributed by atoms with Crippen molar-refractivity contribution in [1.29, 1.82) is 0 Å². The minimum Gasteiger partial charge on any atom is -0.297 e. The molecule has 1 aliphatic carbocycles. The van der Waals surface area contributed by atoms with E-state index in [0.717, 1.165) is 12.1 Å². The summed E-state index contributed by atoms with van der Waals surface area (Å²) in [5, 5.41) is 11.1. The van der Waals surface area contributed by atoms with E-state index in [4.69, 9.17) is 0 Å². The first-order valence-corrected chi connectivity index (χ1v) is 8.57. The summed E-state index contributed by atoms with van der Waals surface area (Å²) in [5.41, 5.74) is -1.21. The lowest BCUT2D eigenvalue weighted by atomic mass is 9.80. The Labute approximate surface area is 131 Å². The fourth-order valence-corrected chi connectivity index (χ4v) is 4.24. The number of nitrogens with zero attached hydrogens (tertiary/aromatic N) is 1. The number of rotatable bonds is 4. The van der Waals surface area contributed by atoms with Gasteiger partial charge in [-0.3, -0.25) is 24.5 Å². The van der Waals surface area contributed by atoms with Gasteiger partial charge in [0.15, 0.2) is 21.4 Å². The van der Waals surface area contributed by atoms with Gasteiger partial charge in [0.25, 0.3) is 5.69 Å². The second-order valence-electron chi connectivity index (χ2n) is 5.26. The Morgan fingerprint density at radius 1 is 1.17 bits per heavy atom. The molecule has 1 fully saturated rings. The van der Waals surface area contributed by atoms with Crippen molar-refractivity contribution in [3.8, 4) is 0 Å². The molecule has 0 atom stereocenters. The zero-order valence-electron chi connectivity index (χ0n) is 12.1. The molecule has 1 aromatic carbocycles. The Bertz CT molecular complexity index is 809. The molecule has 0 aliphatic heterocycles. The number of carbonyl (C=O) groups excluding carboxylic acids is 3. The third-order valence-electron chi connectivity index (χ3n) is 3.81. The minimum atomic E-state index is -4.45. The molecule has 23 heavy (non-hydrogen) atoms. The molecule has 0 aromatic heterocycles. The van der Waals surface area contributed by atoms with Crippen molar-refractivity contribution >= 4 is 32.9 Å². The van der Waals surface area contributed by atoms with Gasteiger partial charge in [-0.1, -0.05) is 12.1 Å². The molecule has 0 spiro atoms. The number of hydrogen-bond acceptors (Lipinski definition) is 7. The minimum absolute atomic E-state index is 0.152. The number of ketones is 3. The zero-order valence-corrected chi connectivity index (χ0v) is 13.0. The van der Waals surface area contributed by atoms with Crippen LogP contribution in [0.4, 0.5) is 5.69 Å². The fourth-order valence-electron chi connectivity index (χ4n) is 2.77. The molecule has 1 saturated carbocycles. The van der Waals surface area contributed by atoms with E-state index in [2.05, 4.69) is 0 Å². The average Bonchev–Trinajstić information content (AvgIpc) is 2.45. The highest BCUT2D eigenvalue weighted by molar-refractivity contribution is 7.94. The maximum Gasteiger partial charge on any atom is 0.280 e. The van der Waals surface area contributed by atoms with Gasteiger partial charge in [-0.15, -0.1) is 0 Å². The summed E-state index contributed by atoms with van der Waals surface area (Å²) in [6, 6.07) is 4.66. The highest BCUT2D eigenvalue weighted by Crippen LogP contribution is 2.35. The molecule has 1 aliphatic rings. The van der Waals surface area contributed by atoms with Crippen LogP contribution in [0.1, 0.15) is 29.6 Å². The van der Waals surface area contributed by atoms with Gasteiger partial charge in [0.05, 0.1) is 10.5 Å². The average molecular weight is 339 g/mol. The lowest BCUT2D eigenvalue weighted by molar-refractivity contribution is -0.385. The van der Waals surface area contributed by atoms with Crippen LogP contribution in [0.3, 0.4) is 0 Å². The molecule has 0 N–H and O–H groups in total. The summed E-state index contributed by atoms with van der Waals surface area (Å²) in [7, 11) is -4.45. The molecule has 0 amide bonds. The van der Waals surface area contributed by atoms with Gasteiger partial charge in [0, 0.05) is 25.2 Å². The van der Waals surface area contributed by atoms with Crippen molar-refractivity contribution in [2.45, 2.75) is 24.0 Å². The summed E-state index contributed by atoms with van der Waals surface area (Å²) >= 11 is 0. The Hall–Kier alpha value is -2.42. The molecule has 0 radical (unpaired) electrons. The first-order valence-electron chi connectivity index (χ1n) is 6.68. The normalized spacial score (nSPS) is 17.8. The molecule has 0 unspecified atom stereocenters. The first kappa shape index (κ1) is 16.9. The monoisotopic (exact) mass is 339 g/mol. The summed E-state index contributed by atoms with van der Waals surface area (Å²) in [6.45, 7) is 0. The maximum absolute atomic E-state index is 12.8. The zero-order chi connectivity index (χ0) is 17.4. The predicted octanol–water partition coefficient (Wildman–Crippen LogP) is 0.883. The Kier molecular flexibility index (Phi) is 4.16. The van der Waals surface area contributed by atoms with E-state index < -0.39 is 48.1 Å². The topological polar surface area (TPSA) is 128 Å². The van der Waals surface area contributed by atoms with E-state index in [-0.39, 0.29) is 19.3 Å². The SMILES string of the molecule is CS(=O)(=O)C1(C(=O)c2ccccc2[N+](=O)[O-])C(=O)CCCC1=O. The smallest absolute Gasteiger partial charge is 0.280 e. The van der Waals surface area contributed by atoms with Gasteiger partial charge in [-0.25, -0.2) is 8.42 Å². The van der Waals surface area contributed by atoms with Crippen molar-refractivity contribution in [3.63, 3.8) is 0 Å². The molecule has 0 heterocycles. The Balaban J connectivity index is 2.77. The molecule has 9 heteroatoms. The second-order valence-corrected chi connectivity index (χ2v) is 7.41. The lowest BCUT2D eigenvalue weighted by Gasteiger charge is -2.30. The van der Waals surface area contributed by atoms with E-state index in [1.54, 1.807) is 0 Å². The van der Waals surface area contributed by atoms with Crippen LogP contribution in [0.15, 0.2) is 24.3 Å². The van der Waals surface area contributed by atoms with E-state index in [0.29, 0.717) is 6.26 Å². The van der Waals surface area contributed by atoms with Crippen molar-refractivity contribution in [1.82, 2.24) is 0 Å². The van der Waals surface area contributed by atoms with Gasteiger partial charge < -0.3 is 0 Å². The van der Waals surface area contributed by atoms with Crippen LogP contribution in [-0.2, 0) is 19.4 Å². The van der Waals surface area contributed by atoms with Crippen LogP contribution in [0.2, 0.25) is 0 Å². The van der Waals surface area contributed by atoms with Gasteiger partial charge in [-0.05, 0) is 12.5 Å². The number of nitro groups is 1. The van der Waals surface area contributed by atoms with Gasteiger partial charge in [0.2, 0.25) is 10.5 Å². The molecule has 0 saturated heterocycles. The van der Waals surface area contributed by atoms with Crippen LogP contribution in [0, 0.1) is 10.1 Å². The molecular weight excluding hydrogens is 326 g/mol. The Morgan fingerprint density at radius 3 is 2.17 bits per heavy atom. The summed E-state index contributed by atoms with van der Waals surface area (Å²) in [5.74, 6) is -3.40. The van der Waals surface area contributed by atoms with Crippen LogP contribution in [-0.4, -0.2) is 41.7 Å². The molecular formula is C14H13NO7S. The number of sulfone groups is 1. The van der Waals surface area contributed by atoms with Crippen molar-refractivity contribution in [2.24, 2.45) is 0 Å². The number of benzene rings is 1. The lowest BCUT2D eigenvalue weighted by Crippen LogP contribution is -2.60. The summed E-state index contributed by atoms with van der Waals surface area (Å²) in [4.78, 5) is 47.5. The fraction of sp³-hybridized carbons (Fsp3) is 0.357. The third-order valence-corrected chi connectivity index (χ3v) is 5.57. The predicted molar refractivity (Wildman–Crippen MR) is 78.9 cm³/mol. The first-order chi connectivity index (χ1) is 10.6. The van der Waals surface area contributed by atoms with Crippen LogP contribution < -0.4 is 0 Å². The second kappa shape index (κ2) is 5.65. The van der Waals surface area contributed by atoms with Crippen molar-refractivity contribution in [3.05, 3.63) is 39.9 Å². The number of nitro benzene ring substituents is 1. The maximum atomic E-state index is 12.8. The number of carbonyl (C=O) groups is 3. The molecule has 8 nitrogen and oxygen atoms in total. The standard InChI is InChI=1S/C14H13NO7S/c1-23(21,22)14(11(16)7-4-8-12(14)17)13(18)9-5-2-3-6-10(9)15(19)20/h2-3,5-6H,4,7-8H2,1H3. The molecule has 2 rings (SSSR count). The molecule has 1 aromatic rings. The van der Waals surface area contributed by atoms with E-state index in [1.807, 2.05) is 0 Å². The van der Waals surface area contributed by atoms with Gasteiger partial charge in [-0.2, -0.15) is 0 Å². The van der Waals surface area contributed by atoms with Crippen molar-refractivity contribution < 1.29 is 27.7 Å². The summed E-state index contributed by atoms with van der Waals surface area (Å²) < 4.78 is 21.5. The van der Waals surface area contributed by atoms with Crippen LogP contribution in [0.25, 0.3) is 0 Å². The van der Waals surface area contributed by atoms with Crippen LogP contribution in [0.5, 0.6) is 0 Å². The number of Topliss-reactive ketones (excluding diaryl/α,β-unsaturated/α-hetero) is 3. The van der Waals surface area contributed by atoms with E-state index >= 15 is 0 Å². The largest absolute Gasteiger partial charge is 0.297 e. The quantitative estimate of drug-likeness (QED) is 0.344. The number of hydrogen-bond donors (Lipinski definition) is 0. The molecule has 122 valence electrons.